The molecule has 1 amide bonds. The van der Waals surface area contributed by atoms with Gasteiger partial charge in [0.25, 0.3) is 0 Å². The molecule has 2 aromatic carbocycles. The summed E-state index contributed by atoms with van der Waals surface area (Å²) in [4.78, 5) is 17.8. The quantitative estimate of drug-likeness (QED) is 0.702. The fourth-order valence-corrected chi connectivity index (χ4v) is 3.87. The molecule has 0 radical (unpaired) electrons. The van der Waals surface area contributed by atoms with Crippen molar-refractivity contribution in [3.05, 3.63) is 71.3 Å². The molecule has 1 saturated carbocycles. The molecule has 0 spiro atoms. The van der Waals surface area contributed by atoms with E-state index in [4.69, 9.17) is 14.5 Å². The normalized spacial score (nSPS) is 15.8. The topological polar surface area (TPSA) is 60.5 Å². The summed E-state index contributed by atoms with van der Waals surface area (Å²) in [6, 6.07) is 17.8. The first kappa shape index (κ1) is 17.7. The smallest absolute Gasteiger partial charge is 0.236 e. The van der Waals surface area contributed by atoms with Gasteiger partial charge in [-0.2, -0.15) is 0 Å². The Hall–Kier alpha value is -3.34. The van der Waals surface area contributed by atoms with E-state index < -0.39 is 5.41 Å². The predicted octanol–water partition coefficient (Wildman–Crippen LogP) is 4.76. The first-order valence-electron chi connectivity index (χ1n) is 9.81. The largest absolute Gasteiger partial charge is 0.454 e. The number of fused-ring (bicyclic) bond motifs is 1. The maximum Gasteiger partial charge on any atom is 0.236 e. The lowest BCUT2D eigenvalue weighted by Crippen LogP contribution is -2.28. The van der Waals surface area contributed by atoms with E-state index in [0.29, 0.717) is 11.6 Å². The molecule has 5 nitrogen and oxygen atoms in total. The number of aryl methyl sites for hydroxylation is 2. The number of pyridine rings is 1. The number of aromatic nitrogens is 1. The summed E-state index contributed by atoms with van der Waals surface area (Å²) in [6.45, 7) is 4.37. The minimum atomic E-state index is -0.516. The molecule has 146 valence electrons. The summed E-state index contributed by atoms with van der Waals surface area (Å²) >= 11 is 0. The monoisotopic (exact) mass is 386 g/mol. The van der Waals surface area contributed by atoms with Crippen LogP contribution in [0, 0.1) is 13.8 Å². The number of benzene rings is 2. The molecule has 3 aromatic rings. The van der Waals surface area contributed by atoms with Crippen LogP contribution in [-0.4, -0.2) is 17.7 Å². The van der Waals surface area contributed by atoms with Crippen molar-refractivity contribution in [2.24, 2.45) is 0 Å². The average Bonchev–Trinajstić information content (AvgIpc) is 3.41. The van der Waals surface area contributed by atoms with E-state index in [9.17, 15) is 4.79 Å². The predicted molar refractivity (Wildman–Crippen MR) is 111 cm³/mol. The highest BCUT2D eigenvalue weighted by Gasteiger charge is 2.51. The molecular formula is C24H22N2O3. The lowest BCUT2D eigenvalue weighted by atomic mass is 9.94. The minimum Gasteiger partial charge on any atom is -0.454 e. The van der Waals surface area contributed by atoms with Crippen LogP contribution in [0.2, 0.25) is 0 Å². The molecule has 0 saturated heterocycles. The first-order chi connectivity index (χ1) is 14.0. The summed E-state index contributed by atoms with van der Waals surface area (Å²) in [5.41, 5.74) is 4.73. The van der Waals surface area contributed by atoms with Crippen LogP contribution in [0.1, 0.15) is 29.5 Å². The van der Waals surface area contributed by atoms with Crippen LogP contribution < -0.4 is 14.8 Å². The van der Waals surface area contributed by atoms with Crippen LogP contribution in [0.15, 0.2) is 54.6 Å². The summed E-state index contributed by atoms with van der Waals surface area (Å²) in [5, 5.41) is 3.03. The van der Waals surface area contributed by atoms with Crippen LogP contribution >= 0.6 is 0 Å². The summed E-state index contributed by atoms with van der Waals surface area (Å²) in [5.74, 6) is 1.98. The summed E-state index contributed by atoms with van der Waals surface area (Å²) in [6.07, 6.45) is 1.63. The van der Waals surface area contributed by atoms with Crippen molar-refractivity contribution in [3.8, 4) is 22.8 Å². The summed E-state index contributed by atoms with van der Waals surface area (Å²) in [7, 11) is 0. The number of amides is 1. The van der Waals surface area contributed by atoms with E-state index in [-0.39, 0.29) is 12.7 Å². The zero-order valence-electron chi connectivity index (χ0n) is 16.5. The van der Waals surface area contributed by atoms with Crippen molar-refractivity contribution >= 4 is 11.7 Å². The van der Waals surface area contributed by atoms with Gasteiger partial charge in [0.15, 0.2) is 11.5 Å². The van der Waals surface area contributed by atoms with Crippen molar-refractivity contribution in [2.75, 3.05) is 12.1 Å². The summed E-state index contributed by atoms with van der Waals surface area (Å²) < 4.78 is 10.9. The number of nitrogens with one attached hydrogen (secondary N) is 1. The maximum atomic E-state index is 13.1. The lowest BCUT2D eigenvalue weighted by molar-refractivity contribution is -0.118. The molecule has 1 aliphatic carbocycles. The number of hydrogen-bond donors (Lipinski definition) is 1. The van der Waals surface area contributed by atoms with Crippen molar-refractivity contribution in [2.45, 2.75) is 32.1 Å². The number of nitrogens with zero attached hydrogens (tertiary/aromatic N) is 1. The van der Waals surface area contributed by atoms with Crippen LogP contribution in [0.3, 0.4) is 0 Å². The molecule has 29 heavy (non-hydrogen) atoms. The van der Waals surface area contributed by atoms with E-state index in [1.807, 2.05) is 36.4 Å². The molecule has 5 heteroatoms. The van der Waals surface area contributed by atoms with Gasteiger partial charge >= 0.3 is 0 Å². The average molecular weight is 386 g/mol. The molecule has 1 aromatic heterocycles. The molecule has 1 fully saturated rings. The highest BCUT2D eigenvalue weighted by molar-refractivity contribution is 6.01. The highest BCUT2D eigenvalue weighted by Crippen LogP contribution is 2.51. The van der Waals surface area contributed by atoms with Gasteiger partial charge in [-0.3, -0.25) is 4.79 Å². The van der Waals surface area contributed by atoms with Gasteiger partial charge in [-0.1, -0.05) is 29.8 Å². The number of rotatable bonds is 4. The van der Waals surface area contributed by atoms with Gasteiger partial charge in [-0.25, -0.2) is 4.98 Å². The first-order valence-corrected chi connectivity index (χ1v) is 9.81. The second kappa shape index (κ2) is 6.62. The molecule has 5 rings (SSSR count). The van der Waals surface area contributed by atoms with Gasteiger partial charge in [-0.05, 0) is 68.1 Å². The third-order valence-corrected chi connectivity index (χ3v) is 5.77. The van der Waals surface area contributed by atoms with Crippen LogP contribution in [0.4, 0.5) is 5.82 Å². The zero-order chi connectivity index (χ0) is 20.0. The zero-order valence-corrected chi connectivity index (χ0v) is 16.5. The fourth-order valence-electron chi connectivity index (χ4n) is 3.87. The fraction of sp³-hybridized carbons (Fsp3) is 0.250. The van der Waals surface area contributed by atoms with E-state index in [2.05, 4.69) is 37.4 Å². The minimum absolute atomic E-state index is 0.0259. The van der Waals surface area contributed by atoms with Gasteiger partial charge in [0.1, 0.15) is 5.82 Å². The van der Waals surface area contributed by atoms with Crippen molar-refractivity contribution in [1.82, 2.24) is 4.98 Å². The second-order valence-corrected chi connectivity index (χ2v) is 7.83. The maximum absolute atomic E-state index is 13.1. The molecular weight excluding hydrogens is 364 g/mol. The van der Waals surface area contributed by atoms with Gasteiger partial charge in [-0.15, -0.1) is 0 Å². The van der Waals surface area contributed by atoms with Crippen LogP contribution in [0.5, 0.6) is 11.5 Å². The lowest BCUT2D eigenvalue weighted by Gasteiger charge is -2.16. The van der Waals surface area contributed by atoms with E-state index in [1.54, 1.807) is 0 Å². The second-order valence-electron chi connectivity index (χ2n) is 7.83. The molecule has 2 aliphatic rings. The Balaban J connectivity index is 1.41. The Bertz CT molecular complexity index is 1120. The van der Waals surface area contributed by atoms with Crippen molar-refractivity contribution in [3.63, 3.8) is 0 Å². The van der Waals surface area contributed by atoms with E-state index in [1.165, 1.54) is 5.56 Å². The number of carbonyl (C=O) groups excluding carboxylic acids is 1. The molecule has 1 aliphatic heterocycles. The highest BCUT2D eigenvalue weighted by atomic mass is 16.7. The third-order valence-electron chi connectivity index (χ3n) is 5.77. The van der Waals surface area contributed by atoms with Crippen molar-refractivity contribution in [1.29, 1.82) is 0 Å². The number of ether oxygens (including phenoxy) is 2. The van der Waals surface area contributed by atoms with Crippen LogP contribution in [0.25, 0.3) is 11.3 Å². The standard InChI is InChI=1S/C24H22N2O3/c1-15-6-7-16(2)18(12-15)19-4-3-5-22(25-19)26-23(27)24(10-11-24)17-8-9-20-21(13-17)29-14-28-20/h3-9,12-13H,10-11,14H2,1-2H3,(H,25,26,27). The SMILES string of the molecule is Cc1ccc(C)c(-c2cccc(NC(=O)C3(c4ccc5c(c4)OCO5)CC3)n2)c1. The van der Waals surface area contributed by atoms with Gasteiger partial charge in [0.2, 0.25) is 12.7 Å². The third kappa shape index (κ3) is 3.12. The Kier molecular flexibility index (Phi) is 4.05. The van der Waals surface area contributed by atoms with Gasteiger partial charge < -0.3 is 14.8 Å². The Morgan fingerprint density at radius 2 is 1.83 bits per heavy atom. The molecule has 1 N–H and O–H groups in total. The van der Waals surface area contributed by atoms with Crippen molar-refractivity contribution < 1.29 is 14.3 Å². The van der Waals surface area contributed by atoms with E-state index in [0.717, 1.165) is 41.0 Å². The molecule has 2 heterocycles. The van der Waals surface area contributed by atoms with E-state index >= 15 is 0 Å². The Morgan fingerprint density at radius 1 is 1.00 bits per heavy atom. The Morgan fingerprint density at radius 3 is 2.66 bits per heavy atom. The van der Waals surface area contributed by atoms with Gasteiger partial charge in [0.05, 0.1) is 11.1 Å². The molecule has 0 atom stereocenters. The number of anilines is 1. The Labute approximate surface area is 169 Å². The number of hydrogen-bond acceptors (Lipinski definition) is 4. The molecule has 0 bridgehead atoms. The van der Waals surface area contributed by atoms with Crippen LogP contribution in [-0.2, 0) is 10.2 Å². The van der Waals surface area contributed by atoms with Gasteiger partial charge in [0, 0.05) is 5.56 Å². The molecule has 0 unspecified atom stereocenters. The number of carbonyl (C=O) groups is 1.